The Morgan fingerprint density at radius 3 is 2.39 bits per heavy atom. The van der Waals surface area contributed by atoms with E-state index in [0.29, 0.717) is 15.2 Å². The molecule has 0 radical (unpaired) electrons. The van der Waals surface area contributed by atoms with Crippen LogP contribution in [-0.2, 0) is 22.6 Å². The van der Waals surface area contributed by atoms with Gasteiger partial charge < -0.3 is 15.2 Å². The second-order valence-corrected chi connectivity index (χ2v) is 7.71. The highest BCUT2D eigenvalue weighted by Crippen LogP contribution is 2.27. The van der Waals surface area contributed by atoms with Crippen LogP contribution in [0, 0.1) is 0 Å². The quantitative estimate of drug-likeness (QED) is 0.379. The largest absolute Gasteiger partial charge is 0.484 e. The molecule has 0 bridgehead atoms. The molecule has 0 aliphatic rings. The molecule has 0 saturated carbocycles. The van der Waals surface area contributed by atoms with Crippen LogP contribution in [-0.4, -0.2) is 34.6 Å². The number of methoxy groups -OCH3 is 1. The smallest absolute Gasteiger partial charge is 0.333 e. The summed E-state index contributed by atoms with van der Waals surface area (Å²) in [5, 5.41) is 0.538. The minimum atomic E-state index is -1.03. The van der Waals surface area contributed by atoms with E-state index in [1.807, 2.05) is 0 Å². The van der Waals surface area contributed by atoms with E-state index in [9.17, 15) is 19.2 Å². The molecule has 2 aromatic carbocycles. The number of anilines is 1. The number of carbonyl (C=O) groups is 2. The molecule has 33 heavy (non-hydrogen) atoms. The van der Waals surface area contributed by atoms with Crippen molar-refractivity contribution in [2.45, 2.75) is 13.1 Å². The molecular formula is C22H19Cl2N3O6. The monoisotopic (exact) mass is 491 g/mol. The van der Waals surface area contributed by atoms with E-state index in [1.165, 1.54) is 12.1 Å². The van der Waals surface area contributed by atoms with Gasteiger partial charge in [-0.05, 0) is 17.7 Å². The highest BCUT2D eigenvalue weighted by Gasteiger charge is 2.24. The molecule has 2 N–H and O–H groups in total. The highest BCUT2D eigenvalue weighted by molar-refractivity contribution is 6.34. The standard InChI is InChI=1S/C22H19Cl2N3O6/c1-32-18(29)11-27-21(30)19(16(28)12-33-17-9-14(23)7-8-15(17)24)20(25)26(22(27)31)10-13-5-3-2-4-6-13/h2-9H,10-12,25H2,1H3. The van der Waals surface area contributed by atoms with Crippen LogP contribution >= 0.6 is 23.2 Å². The van der Waals surface area contributed by atoms with Crippen molar-refractivity contribution in [1.29, 1.82) is 0 Å². The van der Waals surface area contributed by atoms with Gasteiger partial charge in [0.05, 0.1) is 18.7 Å². The van der Waals surface area contributed by atoms with Crippen LogP contribution in [0.5, 0.6) is 5.75 Å². The molecule has 172 valence electrons. The van der Waals surface area contributed by atoms with Crippen molar-refractivity contribution in [3.05, 3.63) is 90.5 Å². The van der Waals surface area contributed by atoms with Gasteiger partial charge in [-0.2, -0.15) is 0 Å². The fraction of sp³-hybridized carbons (Fsp3) is 0.182. The lowest BCUT2D eigenvalue weighted by atomic mass is 10.1. The van der Waals surface area contributed by atoms with Gasteiger partial charge in [-0.3, -0.25) is 19.0 Å². The third kappa shape index (κ3) is 5.44. The topological polar surface area (TPSA) is 123 Å². The zero-order valence-corrected chi connectivity index (χ0v) is 18.9. The maximum atomic E-state index is 13.0. The molecule has 1 heterocycles. The second-order valence-electron chi connectivity index (χ2n) is 6.87. The van der Waals surface area contributed by atoms with Gasteiger partial charge >= 0.3 is 11.7 Å². The SMILES string of the molecule is COC(=O)Cn1c(=O)c(C(=O)COc2cc(Cl)ccc2Cl)c(N)n(Cc2ccccc2)c1=O. The summed E-state index contributed by atoms with van der Waals surface area (Å²) in [6.45, 7) is -1.33. The average molecular weight is 492 g/mol. The zero-order chi connectivity index (χ0) is 24.1. The van der Waals surface area contributed by atoms with Crippen LogP contribution in [0.25, 0.3) is 0 Å². The molecule has 3 aromatic rings. The zero-order valence-electron chi connectivity index (χ0n) is 17.4. The van der Waals surface area contributed by atoms with Crippen molar-refractivity contribution < 1.29 is 19.1 Å². The number of nitrogens with zero attached hydrogens (tertiary/aromatic N) is 2. The molecule has 3 rings (SSSR count). The van der Waals surface area contributed by atoms with E-state index in [2.05, 4.69) is 4.74 Å². The molecule has 0 atom stereocenters. The summed E-state index contributed by atoms with van der Waals surface area (Å²) in [4.78, 5) is 50.7. The Morgan fingerprint density at radius 2 is 1.73 bits per heavy atom. The van der Waals surface area contributed by atoms with E-state index < -0.39 is 41.7 Å². The van der Waals surface area contributed by atoms with Gasteiger partial charge in [0, 0.05) is 11.1 Å². The second kappa shape index (κ2) is 10.4. The normalized spacial score (nSPS) is 10.6. The molecule has 0 unspecified atom stereocenters. The molecule has 0 amide bonds. The first kappa shape index (κ1) is 24.1. The average Bonchev–Trinajstić information content (AvgIpc) is 2.80. The molecule has 11 heteroatoms. The van der Waals surface area contributed by atoms with Crippen LogP contribution in [0.15, 0.2) is 58.1 Å². The number of aromatic nitrogens is 2. The Hall–Kier alpha value is -3.56. The van der Waals surface area contributed by atoms with E-state index in [0.717, 1.165) is 11.7 Å². The maximum Gasteiger partial charge on any atom is 0.333 e. The number of benzene rings is 2. The molecule has 0 aliphatic heterocycles. The number of ketones is 1. The number of hydrogen-bond donors (Lipinski definition) is 1. The predicted octanol–water partition coefficient (Wildman–Crippen LogP) is 2.38. The minimum Gasteiger partial charge on any atom is -0.484 e. The molecule has 9 nitrogen and oxygen atoms in total. The molecular weight excluding hydrogens is 473 g/mol. The first-order valence-electron chi connectivity index (χ1n) is 9.57. The summed E-state index contributed by atoms with van der Waals surface area (Å²) in [6, 6.07) is 13.2. The highest BCUT2D eigenvalue weighted by atomic mass is 35.5. The lowest BCUT2D eigenvalue weighted by molar-refractivity contribution is -0.141. The number of halogens is 2. The maximum absolute atomic E-state index is 13.0. The Kier molecular flexibility index (Phi) is 7.57. The Balaban J connectivity index is 2.05. The van der Waals surface area contributed by atoms with Gasteiger partial charge in [-0.15, -0.1) is 0 Å². The summed E-state index contributed by atoms with van der Waals surface area (Å²) in [5.41, 5.74) is 4.41. The molecule has 0 aliphatic carbocycles. The molecule has 1 aromatic heterocycles. The van der Waals surface area contributed by atoms with Gasteiger partial charge in [0.25, 0.3) is 5.56 Å². The summed E-state index contributed by atoms with van der Waals surface area (Å²) in [6.07, 6.45) is 0. The van der Waals surface area contributed by atoms with Crippen molar-refractivity contribution in [3.8, 4) is 5.75 Å². The Morgan fingerprint density at radius 1 is 1.03 bits per heavy atom. The van der Waals surface area contributed by atoms with Crippen molar-refractivity contribution in [3.63, 3.8) is 0 Å². The number of Topliss-reactive ketones (excluding diaryl/α,β-unsaturated/α-hetero) is 1. The van der Waals surface area contributed by atoms with Crippen LogP contribution in [0.4, 0.5) is 5.82 Å². The van der Waals surface area contributed by atoms with E-state index in [-0.39, 0.29) is 23.1 Å². The number of nitrogen functional groups attached to an aromatic ring is 1. The number of nitrogens with two attached hydrogens (primary N) is 1. The Labute approximate surface area is 197 Å². The van der Waals surface area contributed by atoms with Gasteiger partial charge in [0.2, 0.25) is 5.78 Å². The number of rotatable bonds is 8. The third-order valence-electron chi connectivity index (χ3n) is 4.70. The molecule has 0 fully saturated rings. The minimum absolute atomic E-state index is 0.0335. The van der Waals surface area contributed by atoms with Crippen LogP contribution in [0.2, 0.25) is 10.0 Å². The fourth-order valence-electron chi connectivity index (χ4n) is 3.03. The van der Waals surface area contributed by atoms with Gasteiger partial charge in [-0.1, -0.05) is 53.5 Å². The van der Waals surface area contributed by atoms with E-state index in [4.69, 9.17) is 33.7 Å². The first-order valence-corrected chi connectivity index (χ1v) is 10.3. The number of hydrogen-bond acceptors (Lipinski definition) is 7. The van der Waals surface area contributed by atoms with Crippen LogP contribution < -0.4 is 21.7 Å². The summed E-state index contributed by atoms with van der Waals surface area (Å²) < 4.78 is 11.6. The van der Waals surface area contributed by atoms with Crippen LogP contribution in [0.1, 0.15) is 15.9 Å². The predicted molar refractivity (Wildman–Crippen MR) is 123 cm³/mol. The van der Waals surface area contributed by atoms with Crippen LogP contribution in [0.3, 0.4) is 0 Å². The van der Waals surface area contributed by atoms with Gasteiger partial charge in [-0.25, -0.2) is 9.36 Å². The summed E-state index contributed by atoms with van der Waals surface area (Å²) >= 11 is 12.0. The fourth-order valence-corrected chi connectivity index (χ4v) is 3.37. The first-order chi connectivity index (χ1) is 15.7. The lowest BCUT2D eigenvalue weighted by Crippen LogP contribution is -2.46. The number of esters is 1. The lowest BCUT2D eigenvalue weighted by Gasteiger charge is -2.16. The summed E-state index contributed by atoms with van der Waals surface area (Å²) in [7, 11) is 1.11. The van der Waals surface area contributed by atoms with Crippen molar-refractivity contribution in [2.24, 2.45) is 0 Å². The van der Waals surface area contributed by atoms with Gasteiger partial charge in [0.1, 0.15) is 23.7 Å². The van der Waals surface area contributed by atoms with Gasteiger partial charge in [0.15, 0.2) is 6.61 Å². The van der Waals surface area contributed by atoms with Crippen molar-refractivity contribution >= 4 is 40.8 Å². The van der Waals surface area contributed by atoms with Crippen molar-refractivity contribution in [2.75, 3.05) is 19.5 Å². The van der Waals surface area contributed by atoms with Crippen molar-refractivity contribution in [1.82, 2.24) is 9.13 Å². The molecule has 0 spiro atoms. The third-order valence-corrected chi connectivity index (χ3v) is 5.24. The number of carbonyl (C=O) groups excluding carboxylic acids is 2. The van der Waals surface area contributed by atoms with E-state index >= 15 is 0 Å². The number of ether oxygens (including phenoxy) is 2. The molecule has 0 saturated heterocycles. The summed E-state index contributed by atoms with van der Waals surface area (Å²) in [5.74, 6) is -1.87. The van der Waals surface area contributed by atoms with E-state index in [1.54, 1.807) is 36.4 Å². The Bertz CT molecular complexity index is 1320.